The average molecular weight is 355 g/mol. The van der Waals surface area contributed by atoms with Gasteiger partial charge in [-0.05, 0) is 24.6 Å². The van der Waals surface area contributed by atoms with Crippen LogP contribution in [-0.4, -0.2) is 20.9 Å². The topological polar surface area (TPSA) is 72.5 Å². The lowest BCUT2D eigenvalue weighted by Gasteiger charge is -2.09. The summed E-state index contributed by atoms with van der Waals surface area (Å²) in [6.45, 7) is 1.14. The maximum atomic E-state index is 13.5. The monoisotopic (exact) mass is 355 g/mol. The normalized spacial score (nSPS) is 11.3. The number of hydrogen-bond acceptors (Lipinski definition) is 4. The van der Waals surface area contributed by atoms with E-state index in [4.69, 9.17) is 4.74 Å². The van der Waals surface area contributed by atoms with Gasteiger partial charge in [0.25, 0.3) is 0 Å². The Morgan fingerprint density at radius 2 is 1.67 bits per heavy atom. The molecule has 2 aromatic rings. The van der Waals surface area contributed by atoms with Crippen molar-refractivity contribution in [3.8, 4) is 0 Å². The van der Waals surface area contributed by atoms with Crippen LogP contribution in [0.15, 0.2) is 47.4 Å². The summed E-state index contributed by atoms with van der Waals surface area (Å²) in [6.07, 6.45) is 0. The number of nitrogens with one attached hydrogen (secondary N) is 1. The van der Waals surface area contributed by atoms with Gasteiger partial charge in [-0.15, -0.1) is 0 Å². The van der Waals surface area contributed by atoms with Crippen LogP contribution in [0.1, 0.15) is 11.1 Å². The van der Waals surface area contributed by atoms with Gasteiger partial charge in [-0.25, -0.2) is 17.2 Å². The van der Waals surface area contributed by atoms with Gasteiger partial charge in [0.2, 0.25) is 10.0 Å². The van der Waals surface area contributed by atoms with Crippen molar-refractivity contribution in [2.75, 3.05) is 6.54 Å². The van der Waals surface area contributed by atoms with Crippen LogP contribution >= 0.6 is 0 Å². The first kappa shape index (κ1) is 18.0. The largest absolute Gasteiger partial charge is 0.460 e. The van der Waals surface area contributed by atoms with Crippen molar-refractivity contribution in [2.45, 2.75) is 18.4 Å². The van der Waals surface area contributed by atoms with E-state index in [1.54, 1.807) is 12.1 Å². The Bertz CT molecular complexity index is 815. The molecule has 24 heavy (non-hydrogen) atoms. The first-order valence-electron chi connectivity index (χ1n) is 6.94. The van der Waals surface area contributed by atoms with Crippen molar-refractivity contribution in [3.05, 3.63) is 65.2 Å². The van der Waals surface area contributed by atoms with Crippen molar-refractivity contribution in [1.82, 2.24) is 4.72 Å². The summed E-state index contributed by atoms with van der Waals surface area (Å²) in [5.41, 5.74) is 1.78. The number of benzene rings is 2. The molecule has 0 unspecified atom stereocenters. The maximum Gasteiger partial charge on any atom is 0.321 e. The van der Waals surface area contributed by atoms with E-state index >= 15 is 0 Å². The lowest BCUT2D eigenvalue weighted by atomic mass is 10.2. The Hall–Kier alpha value is -2.32. The minimum absolute atomic E-state index is 0.0328. The molecule has 0 spiro atoms. The summed E-state index contributed by atoms with van der Waals surface area (Å²) in [5.74, 6) is -3.35. The van der Waals surface area contributed by atoms with E-state index in [1.807, 2.05) is 23.8 Å². The fourth-order valence-electron chi connectivity index (χ4n) is 1.86. The van der Waals surface area contributed by atoms with Crippen molar-refractivity contribution in [3.63, 3.8) is 0 Å². The third kappa shape index (κ3) is 4.59. The Kier molecular flexibility index (Phi) is 5.63. The molecule has 0 saturated heterocycles. The number of carbonyl (C=O) groups is 1. The van der Waals surface area contributed by atoms with Crippen LogP contribution < -0.4 is 4.72 Å². The average Bonchev–Trinajstić information content (AvgIpc) is 2.52. The van der Waals surface area contributed by atoms with Gasteiger partial charge >= 0.3 is 5.97 Å². The predicted octanol–water partition coefficient (Wildman–Crippen LogP) is 2.29. The van der Waals surface area contributed by atoms with Gasteiger partial charge in [-0.1, -0.05) is 35.9 Å². The summed E-state index contributed by atoms with van der Waals surface area (Å²) < 4.78 is 57.5. The maximum absolute atomic E-state index is 13.5. The minimum atomic E-state index is -4.51. The summed E-state index contributed by atoms with van der Waals surface area (Å²) >= 11 is 0. The number of aryl methyl sites for hydroxylation is 1. The molecule has 2 rings (SSSR count). The summed E-state index contributed by atoms with van der Waals surface area (Å²) in [7, 11) is -4.51. The van der Waals surface area contributed by atoms with Crippen molar-refractivity contribution in [2.24, 2.45) is 0 Å². The van der Waals surface area contributed by atoms with Gasteiger partial charge in [-0.2, -0.15) is 4.72 Å². The number of hydrogen-bond donors (Lipinski definition) is 1. The first-order valence-corrected chi connectivity index (χ1v) is 8.43. The Labute approximate surface area is 138 Å². The highest BCUT2D eigenvalue weighted by atomic mass is 32.2. The zero-order valence-corrected chi connectivity index (χ0v) is 13.6. The molecule has 0 fully saturated rings. The smallest absolute Gasteiger partial charge is 0.321 e. The highest BCUT2D eigenvalue weighted by Gasteiger charge is 2.24. The molecule has 0 aromatic heterocycles. The molecule has 5 nitrogen and oxygen atoms in total. The molecular formula is C16H15F2NO4S. The summed E-state index contributed by atoms with van der Waals surface area (Å²) in [5, 5.41) is 0. The van der Waals surface area contributed by atoms with E-state index in [1.165, 1.54) is 0 Å². The molecule has 0 atom stereocenters. The molecule has 0 radical (unpaired) electrons. The molecule has 8 heteroatoms. The molecule has 1 N–H and O–H groups in total. The van der Waals surface area contributed by atoms with E-state index in [0.29, 0.717) is 0 Å². The summed E-state index contributed by atoms with van der Waals surface area (Å²) in [6, 6.07) is 9.88. The van der Waals surface area contributed by atoms with Crippen LogP contribution in [0.4, 0.5) is 8.78 Å². The van der Waals surface area contributed by atoms with E-state index in [0.717, 1.165) is 29.3 Å². The van der Waals surface area contributed by atoms with Gasteiger partial charge in [0.05, 0.1) is 0 Å². The van der Waals surface area contributed by atoms with Crippen LogP contribution in [0.25, 0.3) is 0 Å². The highest BCUT2D eigenvalue weighted by molar-refractivity contribution is 7.89. The number of sulfonamides is 1. The minimum Gasteiger partial charge on any atom is -0.460 e. The molecule has 0 amide bonds. The van der Waals surface area contributed by atoms with E-state index in [9.17, 15) is 22.0 Å². The van der Waals surface area contributed by atoms with Gasteiger partial charge < -0.3 is 4.74 Å². The van der Waals surface area contributed by atoms with Crippen LogP contribution in [0, 0.1) is 18.6 Å². The van der Waals surface area contributed by atoms with Crippen molar-refractivity contribution < 1.29 is 26.7 Å². The lowest BCUT2D eigenvalue weighted by Crippen LogP contribution is -2.31. The standard InChI is InChI=1S/C16H15F2NO4S/c1-11-5-7-12(8-6-11)10-23-15(20)9-19-24(21,22)16-13(17)3-2-4-14(16)18/h2-8,19H,9-10H2,1H3. The SMILES string of the molecule is Cc1ccc(COC(=O)CNS(=O)(=O)c2c(F)cccc2F)cc1. The number of ether oxygens (including phenoxy) is 1. The number of halogens is 2. The van der Waals surface area contributed by atoms with E-state index in [-0.39, 0.29) is 6.61 Å². The Morgan fingerprint density at radius 1 is 1.08 bits per heavy atom. The van der Waals surface area contributed by atoms with Crippen LogP contribution in [0.3, 0.4) is 0 Å². The summed E-state index contributed by atoms with van der Waals surface area (Å²) in [4.78, 5) is 10.5. The lowest BCUT2D eigenvalue weighted by molar-refractivity contribution is -0.143. The number of carbonyl (C=O) groups excluding carboxylic acids is 1. The Balaban J connectivity index is 1.94. The molecule has 0 bridgehead atoms. The van der Waals surface area contributed by atoms with Crippen molar-refractivity contribution >= 4 is 16.0 Å². The zero-order valence-electron chi connectivity index (χ0n) is 12.8. The van der Waals surface area contributed by atoms with E-state index < -0.39 is 39.1 Å². The zero-order chi connectivity index (χ0) is 17.7. The molecule has 0 aliphatic heterocycles. The fourth-order valence-corrected chi connectivity index (χ4v) is 2.97. The second-order valence-electron chi connectivity index (χ2n) is 5.02. The fraction of sp³-hybridized carbons (Fsp3) is 0.188. The van der Waals surface area contributed by atoms with Gasteiger partial charge in [0.15, 0.2) is 4.90 Å². The molecule has 128 valence electrons. The molecule has 0 aliphatic carbocycles. The van der Waals surface area contributed by atoms with Gasteiger partial charge in [-0.3, -0.25) is 4.79 Å². The van der Waals surface area contributed by atoms with Crippen LogP contribution in [0.2, 0.25) is 0 Å². The van der Waals surface area contributed by atoms with Crippen LogP contribution in [0.5, 0.6) is 0 Å². The number of esters is 1. The quantitative estimate of drug-likeness (QED) is 0.807. The highest BCUT2D eigenvalue weighted by Crippen LogP contribution is 2.17. The van der Waals surface area contributed by atoms with E-state index in [2.05, 4.69) is 0 Å². The molecular weight excluding hydrogens is 340 g/mol. The van der Waals surface area contributed by atoms with Gasteiger partial charge in [0.1, 0.15) is 24.8 Å². The molecule has 0 heterocycles. The van der Waals surface area contributed by atoms with Crippen molar-refractivity contribution in [1.29, 1.82) is 0 Å². The molecule has 0 saturated carbocycles. The Morgan fingerprint density at radius 3 is 2.25 bits per heavy atom. The third-order valence-electron chi connectivity index (χ3n) is 3.11. The third-order valence-corrected chi connectivity index (χ3v) is 4.57. The second kappa shape index (κ2) is 7.50. The molecule has 2 aromatic carbocycles. The predicted molar refractivity (Wildman–Crippen MR) is 82.5 cm³/mol. The van der Waals surface area contributed by atoms with Crippen LogP contribution in [-0.2, 0) is 26.2 Å². The van der Waals surface area contributed by atoms with Gasteiger partial charge in [0, 0.05) is 0 Å². The number of rotatable bonds is 6. The first-order chi connectivity index (χ1) is 11.3. The molecule has 0 aliphatic rings. The second-order valence-corrected chi connectivity index (χ2v) is 6.73.